The van der Waals surface area contributed by atoms with E-state index < -0.39 is 46.8 Å². The van der Waals surface area contributed by atoms with E-state index in [9.17, 15) is 23.2 Å². The summed E-state index contributed by atoms with van der Waals surface area (Å²) < 4.78 is 27.9. The molecule has 0 spiro atoms. The third kappa shape index (κ3) is 3.50. The van der Waals surface area contributed by atoms with E-state index in [1.54, 1.807) is 13.0 Å². The van der Waals surface area contributed by atoms with Crippen molar-refractivity contribution in [2.45, 2.75) is 19.5 Å². The summed E-state index contributed by atoms with van der Waals surface area (Å²) in [5.74, 6) is -3.35. The number of fused-ring (bicyclic) bond motifs is 1. The van der Waals surface area contributed by atoms with E-state index in [0.29, 0.717) is 15.8 Å². The van der Waals surface area contributed by atoms with Crippen LogP contribution in [-0.2, 0) is 11.3 Å². The maximum Gasteiger partial charge on any atom is 0.329 e. The van der Waals surface area contributed by atoms with E-state index in [1.807, 2.05) is 6.07 Å². The molecule has 142 valence electrons. The van der Waals surface area contributed by atoms with Crippen molar-refractivity contribution in [1.82, 2.24) is 19.9 Å². The molecule has 2 aromatic heterocycles. The van der Waals surface area contributed by atoms with Crippen LogP contribution in [0.1, 0.15) is 24.2 Å². The fraction of sp³-hybridized carbons (Fsp3) is 0.167. The van der Waals surface area contributed by atoms with Crippen LogP contribution in [0.25, 0.3) is 10.9 Å². The summed E-state index contributed by atoms with van der Waals surface area (Å²) in [7, 11) is 0. The number of aromatic amines is 1. The Morgan fingerprint density at radius 3 is 2.71 bits per heavy atom. The number of aromatic nitrogens is 3. The lowest BCUT2D eigenvalue weighted by Crippen LogP contribution is -2.41. The van der Waals surface area contributed by atoms with Crippen molar-refractivity contribution >= 4 is 16.8 Å². The number of rotatable bonds is 4. The minimum atomic E-state index is -1.40. The lowest BCUT2D eigenvalue weighted by atomic mass is 10.2. The smallest absolute Gasteiger partial charge is 0.329 e. The van der Waals surface area contributed by atoms with Crippen LogP contribution in [0.3, 0.4) is 0 Å². The van der Waals surface area contributed by atoms with Gasteiger partial charge in [-0.1, -0.05) is 0 Å². The van der Waals surface area contributed by atoms with Gasteiger partial charge in [-0.25, -0.2) is 13.6 Å². The van der Waals surface area contributed by atoms with Gasteiger partial charge in [0.1, 0.15) is 18.0 Å². The number of carbonyl (C=O) groups excluding carboxylic acids is 1. The van der Waals surface area contributed by atoms with Gasteiger partial charge in [-0.2, -0.15) is 5.26 Å². The van der Waals surface area contributed by atoms with Gasteiger partial charge in [0, 0.05) is 6.20 Å². The quantitative estimate of drug-likeness (QED) is 0.697. The maximum atomic E-state index is 14.0. The predicted molar refractivity (Wildman–Crippen MR) is 94.3 cm³/mol. The molecule has 0 aliphatic carbocycles. The van der Waals surface area contributed by atoms with Crippen LogP contribution in [0.2, 0.25) is 0 Å². The third-order valence-corrected chi connectivity index (χ3v) is 4.08. The lowest BCUT2D eigenvalue weighted by molar-refractivity contribution is -0.122. The molecule has 2 heterocycles. The molecule has 0 radical (unpaired) electrons. The first-order chi connectivity index (χ1) is 13.3. The summed E-state index contributed by atoms with van der Waals surface area (Å²) in [5, 5.41) is 10.7. The zero-order chi connectivity index (χ0) is 20.4. The van der Waals surface area contributed by atoms with E-state index in [-0.39, 0.29) is 5.52 Å². The summed E-state index contributed by atoms with van der Waals surface area (Å²) in [6, 6.07) is 6.28. The molecular weight excluding hydrogens is 372 g/mol. The van der Waals surface area contributed by atoms with Gasteiger partial charge >= 0.3 is 5.69 Å². The average Bonchev–Trinajstić information content (AvgIpc) is 2.68. The standard InChI is InChI=1S/C18H13F2N5O3/c1-9(12-4-2-10(6-21)7-22-12)23-14(26)8-25-17(27)15-13(24-18(25)28)5-3-11(19)16(15)20/h2-5,7,9H,8H2,1H3,(H,23,26)(H,24,28)/t9-/m1/s1. The van der Waals surface area contributed by atoms with E-state index in [4.69, 9.17) is 5.26 Å². The molecule has 0 aliphatic rings. The highest BCUT2D eigenvalue weighted by Gasteiger charge is 2.18. The van der Waals surface area contributed by atoms with Crippen LogP contribution in [0, 0.1) is 23.0 Å². The first kappa shape index (κ1) is 18.9. The van der Waals surface area contributed by atoms with Gasteiger partial charge in [0.25, 0.3) is 5.56 Å². The second-order valence-corrected chi connectivity index (χ2v) is 5.98. The average molecular weight is 385 g/mol. The SMILES string of the molecule is C[C@@H](NC(=O)Cn1c(=O)[nH]c2ccc(F)c(F)c2c1=O)c1ccc(C#N)cn1. The van der Waals surface area contributed by atoms with E-state index in [1.165, 1.54) is 12.3 Å². The van der Waals surface area contributed by atoms with E-state index in [2.05, 4.69) is 15.3 Å². The molecule has 0 saturated heterocycles. The zero-order valence-electron chi connectivity index (χ0n) is 14.5. The molecular formula is C18H13F2N5O3. The normalized spacial score (nSPS) is 11.8. The number of benzene rings is 1. The van der Waals surface area contributed by atoms with Crippen molar-refractivity contribution in [3.8, 4) is 6.07 Å². The first-order valence-electron chi connectivity index (χ1n) is 8.08. The molecule has 0 saturated carbocycles. The molecule has 1 atom stereocenters. The van der Waals surface area contributed by atoms with Crippen LogP contribution in [0.4, 0.5) is 8.78 Å². The molecule has 0 unspecified atom stereocenters. The van der Waals surface area contributed by atoms with Crippen LogP contribution in [-0.4, -0.2) is 20.4 Å². The van der Waals surface area contributed by atoms with Gasteiger partial charge in [0.05, 0.1) is 22.8 Å². The Morgan fingerprint density at radius 2 is 2.07 bits per heavy atom. The summed E-state index contributed by atoms with van der Waals surface area (Å²) in [4.78, 5) is 43.0. The number of hydrogen-bond donors (Lipinski definition) is 2. The second-order valence-electron chi connectivity index (χ2n) is 5.98. The molecule has 2 N–H and O–H groups in total. The van der Waals surface area contributed by atoms with E-state index in [0.717, 1.165) is 12.1 Å². The fourth-order valence-corrected chi connectivity index (χ4v) is 2.65. The largest absolute Gasteiger partial charge is 0.346 e. The number of pyridine rings is 1. The van der Waals surface area contributed by atoms with Crippen LogP contribution < -0.4 is 16.6 Å². The Kier molecular flexibility index (Phi) is 5.00. The molecule has 3 aromatic rings. The maximum absolute atomic E-state index is 14.0. The monoisotopic (exact) mass is 385 g/mol. The van der Waals surface area contributed by atoms with Crippen molar-refractivity contribution < 1.29 is 13.6 Å². The summed E-state index contributed by atoms with van der Waals surface area (Å²) in [6.45, 7) is 0.926. The molecule has 10 heteroatoms. The van der Waals surface area contributed by atoms with Gasteiger partial charge in [-0.3, -0.25) is 19.1 Å². The molecule has 1 aromatic carbocycles. The number of hydrogen-bond acceptors (Lipinski definition) is 5. The highest BCUT2D eigenvalue weighted by molar-refractivity contribution is 5.79. The van der Waals surface area contributed by atoms with Crippen LogP contribution in [0.5, 0.6) is 0 Å². The number of nitrogens with one attached hydrogen (secondary N) is 2. The molecule has 0 bridgehead atoms. The Morgan fingerprint density at radius 1 is 1.32 bits per heavy atom. The molecule has 3 rings (SSSR count). The number of nitrogens with zero attached hydrogens (tertiary/aromatic N) is 3. The lowest BCUT2D eigenvalue weighted by Gasteiger charge is -2.14. The Bertz CT molecular complexity index is 1230. The van der Waals surface area contributed by atoms with E-state index >= 15 is 0 Å². The van der Waals surface area contributed by atoms with Gasteiger partial charge < -0.3 is 10.3 Å². The minimum absolute atomic E-state index is 0.166. The highest BCUT2D eigenvalue weighted by atomic mass is 19.2. The van der Waals surface area contributed by atoms with Crippen molar-refractivity contribution in [1.29, 1.82) is 5.26 Å². The third-order valence-electron chi connectivity index (χ3n) is 4.08. The molecule has 8 nitrogen and oxygen atoms in total. The number of carbonyl (C=O) groups is 1. The van der Waals surface area contributed by atoms with Gasteiger partial charge in [-0.05, 0) is 31.2 Å². The zero-order valence-corrected chi connectivity index (χ0v) is 14.5. The van der Waals surface area contributed by atoms with Gasteiger partial charge in [0.15, 0.2) is 11.6 Å². The van der Waals surface area contributed by atoms with Crippen LogP contribution in [0.15, 0.2) is 40.1 Å². The van der Waals surface area contributed by atoms with Crippen molar-refractivity contribution in [2.75, 3.05) is 0 Å². The predicted octanol–water partition coefficient (Wildman–Crippen LogP) is 1.11. The fourth-order valence-electron chi connectivity index (χ4n) is 2.65. The number of amides is 1. The number of nitriles is 1. The Balaban J connectivity index is 1.86. The summed E-state index contributed by atoms with van der Waals surface area (Å²) in [6.07, 6.45) is 1.34. The summed E-state index contributed by atoms with van der Waals surface area (Å²) >= 11 is 0. The molecule has 1 amide bonds. The van der Waals surface area contributed by atoms with Crippen molar-refractivity contribution in [3.63, 3.8) is 0 Å². The van der Waals surface area contributed by atoms with Crippen LogP contribution >= 0.6 is 0 Å². The topological polar surface area (TPSA) is 121 Å². The van der Waals surface area contributed by atoms with Crippen molar-refractivity contribution in [3.05, 3.63) is 74.2 Å². The number of halogens is 2. The Hall–Kier alpha value is -3.87. The minimum Gasteiger partial charge on any atom is -0.346 e. The van der Waals surface area contributed by atoms with Gasteiger partial charge in [0.2, 0.25) is 5.91 Å². The first-order valence-corrected chi connectivity index (χ1v) is 8.08. The Labute approximate surface area is 156 Å². The highest BCUT2D eigenvalue weighted by Crippen LogP contribution is 2.14. The van der Waals surface area contributed by atoms with Crippen molar-refractivity contribution in [2.24, 2.45) is 0 Å². The second kappa shape index (κ2) is 7.40. The molecule has 28 heavy (non-hydrogen) atoms. The number of H-pyrrole nitrogens is 1. The summed E-state index contributed by atoms with van der Waals surface area (Å²) in [5.41, 5.74) is -1.40. The molecule has 0 fully saturated rings. The van der Waals surface area contributed by atoms with Gasteiger partial charge in [-0.15, -0.1) is 0 Å². The molecule has 0 aliphatic heterocycles.